The van der Waals surface area contributed by atoms with Gasteiger partial charge in [-0.15, -0.1) is 0 Å². The number of anilines is 1. The lowest BCUT2D eigenvalue weighted by molar-refractivity contribution is -0.139. The molecule has 0 saturated carbocycles. The molecule has 39 heavy (non-hydrogen) atoms. The van der Waals surface area contributed by atoms with Crippen molar-refractivity contribution in [3.8, 4) is 0 Å². The van der Waals surface area contributed by atoms with Crippen molar-refractivity contribution < 1.29 is 22.4 Å². The summed E-state index contributed by atoms with van der Waals surface area (Å²) in [4.78, 5) is 28.3. The summed E-state index contributed by atoms with van der Waals surface area (Å²) in [6.45, 7) is 9.06. The minimum absolute atomic E-state index is 0.00139. The molecule has 9 heteroatoms. The molecule has 0 spiro atoms. The predicted molar refractivity (Wildman–Crippen MR) is 151 cm³/mol. The molecule has 208 valence electrons. The van der Waals surface area contributed by atoms with Crippen molar-refractivity contribution >= 4 is 27.5 Å². The van der Waals surface area contributed by atoms with Gasteiger partial charge < -0.3 is 10.2 Å². The Bertz CT molecular complexity index is 1390. The van der Waals surface area contributed by atoms with E-state index in [0.29, 0.717) is 23.4 Å². The Labute approximate surface area is 230 Å². The predicted octanol–water partition coefficient (Wildman–Crippen LogP) is 4.83. The van der Waals surface area contributed by atoms with E-state index in [1.807, 2.05) is 26.8 Å². The van der Waals surface area contributed by atoms with Crippen molar-refractivity contribution in [1.29, 1.82) is 0 Å². The van der Waals surface area contributed by atoms with Crippen LogP contribution in [-0.4, -0.2) is 44.3 Å². The van der Waals surface area contributed by atoms with Crippen LogP contribution in [-0.2, 0) is 26.2 Å². The number of carbonyl (C=O) groups is 2. The zero-order chi connectivity index (χ0) is 28.7. The molecule has 0 heterocycles. The highest BCUT2D eigenvalue weighted by Gasteiger charge is 2.33. The van der Waals surface area contributed by atoms with Gasteiger partial charge in [-0.05, 0) is 73.7 Å². The van der Waals surface area contributed by atoms with Gasteiger partial charge in [-0.2, -0.15) is 0 Å². The first-order valence-electron chi connectivity index (χ1n) is 12.9. The monoisotopic (exact) mass is 553 g/mol. The summed E-state index contributed by atoms with van der Waals surface area (Å²) in [5.74, 6) is -1.14. The van der Waals surface area contributed by atoms with Crippen LogP contribution in [0.1, 0.15) is 37.5 Å². The van der Waals surface area contributed by atoms with Gasteiger partial charge >= 0.3 is 0 Å². The second kappa shape index (κ2) is 12.9. The van der Waals surface area contributed by atoms with Crippen LogP contribution in [0.3, 0.4) is 0 Å². The molecule has 3 rings (SSSR count). The van der Waals surface area contributed by atoms with Crippen LogP contribution in [0.15, 0.2) is 77.7 Å². The number of benzene rings is 3. The van der Waals surface area contributed by atoms with Crippen molar-refractivity contribution in [2.24, 2.45) is 5.92 Å². The fourth-order valence-corrected chi connectivity index (χ4v) is 5.53. The molecular weight excluding hydrogens is 517 g/mol. The van der Waals surface area contributed by atoms with Gasteiger partial charge in [0.25, 0.3) is 10.0 Å². The van der Waals surface area contributed by atoms with Crippen molar-refractivity contribution in [3.63, 3.8) is 0 Å². The molecule has 0 aliphatic carbocycles. The van der Waals surface area contributed by atoms with E-state index in [1.54, 1.807) is 44.2 Å². The third kappa shape index (κ3) is 7.66. The van der Waals surface area contributed by atoms with E-state index in [4.69, 9.17) is 0 Å². The Morgan fingerprint density at radius 3 is 2.18 bits per heavy atom. The molecule has 2 amide bonds. The minimum atomic E-state index is -4.13. The second-order valence-electron chi connectivity index (χ2n) is 10.1. The standard InChI is InChI=1S/C30H36FN3O4S/c1-21(2)18-32-30(36)24(5)33(19-25-13-15-26(31)16-14-25)29(35)20-34(28-17-22(3)11-12-23(28)4)39(37,38)27-9-7-6-8-10-27/h6-17,21,24H,18-20H2,1-5H3,(H,32,36). The first kappa shape index (κ1) is 29.8. The molecule has 1 N–H and O–H groups in total. The molecule has 0 aliphatic heterocycles. The molecule has 1 unspecified atom stereocenters. The third-order valence-corrected chi connectivity index (χ3v) is 8.14. The Kier molecular flexibility index (Phi) is 9.86. The number of amides is 2. The number of hydrogen-bond acceptors (Lipinski definition) is 4. The third-order valence-electron chi connectivity index (χ3n) is 6.36. The summed E-state index contributed by atoms with van der Waals surface area (Å²) in [6, 6.07) is 18.1. The van der Waals surface area contributed by atoms with E-state index in [1.165, 1.54) is 41.3 Å². The highest BCUT2D eigenvalue weighted by atomic mass is 32.2. The summed E-state index contributed by atoms with van der Waals surface area (Å²) >= 11 is 0. The van der Waals surface area contributed by atoms with Gasteiger partial charge in [0.1, 0.15) is 18.4 Å². The number of rotatable bonds is 11. The van der Waals surface area contributed by atoms with Gasteiger partial charge in [-0.1, -0.05) is 56.3 Å². The number of hydrogen-bond donors (Lipinski definition) is 1. The molecular formula is C30H36FN3O4S. The molecule has 3 aromatic carbocycles. The average Bonchev–Trinajstić information content (AvgIpc) is 2.91. The maximum Gasteiger partial charge on any atom is 0.264 e. The van der Waals surface area contributed by atoms with E-state index in [-0.39, 0.29) is 23.3 Å². The van der Waals surface area contributed by atoms with Crippen molar-refractivity contribution in [2.45, 2.75) is 52.1 Å². The lowest BCUT2D eigenvalue weighted by Crippen LogP contribution is -2.51. The lowest BCUT2D eigenvalue weighted by Gasteiger charge is -2.32. The Morgan fingerprint density at radius 2 is 1.56 bits per heavy atom. The lowest BCUT2D eigenvalue weighted by atomic mass is 10.1. The number of nitrogens with one attached hydrogen (secondary N) is 1. The number of halogens is 1. The number of aryl methyl sites for hydroxylation is 2. The van der Waals surface area contributed by atoms with E-state index in [2.05, 4.69) is 5.32 Å². The van der Waals surface area contributed by atoms with E-state index in [9.17, 15) is 22.4 Å². The second-order valence-corrected chi connectivity index (χ2v) is 11.9. The van der Waals surface area contributed by atoms with E-state index >= 15 is 0 Å². The first-order chi connectivity index (χ1) is 18.4. The fourth-order valence-electron chi connectivity index (χ4n) is 4.04. The maximum absolute atomic E-state index is 13.9. The zero-order valence-corrected chi connectivity index (χ0v) is 23.8. The summed E-state index contributed by atoms with van der Waals surface area (Å²) < 4.78 is 42.4. The Balaban J connectivity index is 2.03. The van der Waals surface area contributed by atoms with E-state index < -0.39 is 34.3 Å². The molecule has 0 radical (unpaired) electrons. The largest absolute Gasteiger partial charge is 0.354 e. The fraction of sp³-hybridized carbons (Fsp3) is 0.333. The molecule has 0 bridgehead atoms. The summed E-state index contributed by atoms with van der Waals surface area (Å²) in [5, 5.41) is 2.85. The maximum atomic E-state index is 13.9. The van der Waals surface area contributed by atoms with Crippen LogP contribution in [0.4, 0.5) is 10.1 Å². The van der Waals surface area contributed by atoms with Crippen molar-refractivity contribution in [3.05, 3.63) is 95.3 Å². The number of sulfonamides is 1. The van der Waals surface area contributed by atoms with Crippen LogP contribution in [0.2, 0.25) is 0 Å². The normalized spacial score (nSPS) is 12.2. The van der Waals surface area contributed by atoms with Crippen LogP contribution in [0, 0.1) is 25.6 Å². The molecule has 0 saturated heterocycles. The highest BCUT2D eigenvalue weighted by molar-refractivity contribution is 7.92. The van der Waals surface area contributed by atoms with Gasteiger partial charge in [-0.3, -0.25) is 13.9 Å². The highest BCUT2D eigenvalue weighted by Crippen LogP contribution is 2.28. The number of nitrogens with zero attached hydrogens (tertiary/aromatic N) is 2. The van der Waals surface area contributed by atoms with E-state index in [0.717, 1.165) is 9.87 Å². The Morgan fingerprint density at radius 1 is 0.923 bits per heavy atom. The molecule has 0 fully saturated rings. The minimum Gasteiger partial charge on any atom is -0.354 e. The summed E-state index contributed by atoms with van der Waals surface area (Å²) in [7, 11) is -4.13. The average molecular weight is 554 g/mol. The van der Waals surface area contributed by atoms with Crippen molar-refractivity contribution in [2.75, 3.05) is 17.4 Å². The van der Waals surface area contributed by atoms with Crippen LogP contribution < -0.4 is 9.62 Å². The van der Waals surface area contributed by atoms with Crippen molar-refractivity contribution in [1.82, 2.24) is 10.2 Å². The van der Waals surface area contributed by atoms with Crippen LogP contribution in [0.25, 0.3) is 0 Å². The smallest absolute Gasteiger partial charge is 0.264 e. The van der Waals surface area contributed by atoms with Gasteiger partial charge in [0.2, 0.25) is 11.8 Å². The molecule has 1 atom stereocenters. The summed E-state index contributed by atoms with van der Waals surface area (Å²) in [5.41, 5.74) is 2.50. The Hall–Kier alpha value is -3.72. The van der Waals surface area contributed by atoms with Gasteiger partial charge in [0.15, 0.2) is 0 Å². The number of carbonyl (C=O) groups excluding carboxylic acids is 2. The van der Waals surface area contributed by atoms with Crippen LogP contribution >= 0.6 is 0 Å². The molecule has 7 nitrogen and oxygen atoms in total. The van der Waals surface area contributed by atoms with Crippen LogP contribution in [0.5, 0.6) is 0 Å². The molecule has 0 aliphatic rings. The summed E-state index contributed by atoms with van der Waals surface area (Å²) in [6.07, 6.45) is 0. The first-order valence-corrected chi connectivity index (χ1v) is 14.3. The zero-order valence-electron chi connectivity index (χ0n) is 23.0. The quantitative estimate of drug-likeness (QED) is 0.369. The molecule has 0 aromatic heterocycles. The molecule has 3 aromatic rings. The van der Waals surface area contributed by atoms with Gasteiger partial charge in [0.05, 0.1) is 10.6 Å². The topological polar surface area (TPSA) is 86.8 Å². The van der Waals surface area contributed by atoms with Gasteiger partial charge in [0, 0.05) is 13.1 Å². The van der Waals surface area contributed by atoms with Gasteiger partial charge in [-0.25, -0.2) is 12.8 Å². The SMILES string of the molecule is Cc1ccc(C)c(N(CC(=O)N(Cc2ccc(F)cc2)C(C)C(=O)NCC(C)C)S(=O)(=O)c2ccccc2)c1.